The molecule has 0 aromatic heterocycles. The fourth-order valence-corrected chi connectivity index (χ4v) is 0.523. The van der Waals surface area contributed by atoms with Gasteiger partial charge in [-0.25, -0.2) is 0 Å². The van der Waals surface area contributed by atoms with E-state index in [-0.39, 0.29) is 0 Å². The van der Waals surface area contributed by atoms with Crippen molar-refractivity contribution in [3.05, 3.63) is 29.0 Å². The topological polar surface area (TPSA) is 0 Å². The molecule has 44 valence electrons. The normalized spacial score (nSPS) is 7.38. The van der Waals surface area contributed by atoms with Gasteiger partial charge in [0.2, 0.25) is 0 Å². The molecule has 0 aliphatic heterocycles. The summed E-state index contributed by atoms with van der Waals surface area (Å²) < 4.78 is 0. The molecule has 0 nitrogen and oxygen atoms in total. The molecule has 1 heteroatoms. The largest absolute Gasteiger partial charge is 0.108 e. The third-order valence-electron chi connectivity index (χ3n) is 0.584. The minimum atomic E-state index is 0.574. The molecule has 0 aliphatic carbocycles. The lowest BCUT2D eigenvalue weighted by Gasteiger charge is -1.83. The van der Waals surface area contributed by atoms with Crippen molar-refractivity contribution >= 4 is 11.6 Å². The van der Waals surface area contributed by atoms with Crippen LogP contribution in [0.15, 0.2) is 29.0 Å². The molecule has 0 unspecified atom stereocenters. The van der Waals surface area contributed by atoms with E-state index in [0.717, 1.165) is 5.57 Å². The van der Waals surface area contributed by atoms with Crippen LogP contribution in [0.5, 0.6) is 0 Å². The highest BCUT2D eigenvalue weighted by atomic mass is 35.5. The molecule has 0 fully saturated rings. The lowest BCUT2D eigenvalue weighted by atomic mass is 10.3. The summed E-state index contributed by atoms with van der Waals surface area (Å²) in [6, 6.07) is 0. The van der Waals surface area contributed by atoms with E-state index >= 15 is 0 Å². The highest BCUT2D eigenvalue weighted by Crippen LogP contribution is 2.03. The van der Waals surface area contributed by atoms with Crippen molar-refractivity contribution in [2.75, 3.05) is 0 Å². The minimum Gasteiger partial charge on any atom is -0.108 e. The SMILES string of the molecule is C=C=C(Cl)C=C(C)C. The summed E-state index contributed by atoms with van der Waals surface area (Å²) in [5, 5.41) is 0.574. The van der Waals surface area contributed by atoms with Gasteiger partial charge in [0, 0.05) is 0 Å². The van der Waals surface area contributed by atoms with Crippen LogP contribution in [0.1, 0.15) is 13.8 Å². The highest BCUT2D eigenvalue weighted by Gasteiger charge is 1.79. The molecule has 0 saturated carbocycles. The number of hydrogen-bond acceptors (Lipinski definition) is 0. The smallest absolute Gasteiger partial charge is 0.0817 e. The van der Waals surface area contributed by atoms with Crippen molar-refractivity contribution in [1.29, 1.82) is 0 Å². The fraction of sp³-hybridized carbons (Fsp3) is 0.286. The molecule has 0 spiro atoms. The van der Waals surface area contributed by atoms with Crippen LogP contribution in [0.4, 0.5) is 0 Å². The van der Waals surface area contributed by atoms with Gasteiger partial charge in [0.05, 0.1) is 5.03 Å². The third kappa shape index (κ3) is 3.73. The van der Waals surface area contributed by atoms with E-state index in [1.807, 2.05) is 19.9 Å². The average Bonchev–Trinajstić information content (AvgIpc) is 1.65. The third-order valence-corrected chi connectivity index (χ3v) is 0.827. The van der Waals surface area contributed by atoms with Crippen molar-refractivity contribution < 1.29 is 0 Å². The van der Waals surface area contributed by atoms with Crippen LogP contribution in [0, 0.1) is 0 Å². The summed E-state index contributed by atoms with van der Waals surface area (Å²) in [4.78, 5) is 0. The van der Waals surface area contributed by atoms with E-state index in [0.29, 0.717) is 5.03 Å². The zero-order valence-corrected chi connectivity index (χ0v) is 5.92. The Kier molecular flexibility index (Phi) is 3.34. The van der Waals surface area contributed by atoms with E-state index < -0.39 is 0 Å². The van der Waals surface area contributed by atoms with Crippen LogP contribution < -0.4 is 0 Å². The number of rotatable bonds is 1. The lowest BCUT2D eigenvalue weighted by Crippen LogP contribution is -1.62. The van der Waals surface area contributed by atoms with Crippen molar-refractivity contribution in [2.45, 2.75) is 13.8 Å². The molecule has 0 aliphatic rings. The molecule has 8 heavy (non-hydrogen) atoms. The Hall–Kier alpha value is -0.450. The molecule has 0 aromatic carbocycles. The summed E-state index contributed by atoms with van der Waals surface area (Å²) in [6.07, 6.45) is 1.81. The van der Waals surface area contributed by atoms with Crippen LogP contribution in [-0.2, 0) is 0 Å². The molecule has 0 rings (SSSR count). The van der Waals surface area contributed by atoms with E-state index in [1.165, 1.54) is 0 Å². The van der Waals surface area contributed by atoms with Gasteiger partial charge < -0.3 is 0 Å². The number of hydrogen-bond donors (Lipinski definition) is 0. The number of halogens is 1. The van der Waals surface area contributed by atoms with Gasteiger partial charge in [-0.15, -0.1) is 5.73 Å². The van der Waals surface area contributed by atoms with Gasteiger partial charge in [-0.1, -0.05) is 23.8 Å². The highest BCUT2D eigenvalue weighted by molar-refractivity contribution is 6.31. The summed E-state index contributed by atoms with van der Waals surface area (Å²) in [7, 11) is 0. The summed E-state index contributed by atoms with van der Waals surface area (Å²) in [5.74, 6) is 0. The summed E-state index contributed by atoms with van der Waals surface area (Å²) in [6.45, 7) is 7.32. The van der Waals surface area contributed by atoms with Crippen LogP contribution in [0.2, 0.25) is 0 Å². The van der Waals surface area contributed by atoms with Gasteiger partial charge >= 0.3 is 0 Å². The van der Waals surface area contributed by atoms with Gasteiger partial charge in [-0.2, -0.15) is 0 Å². The molecule has 0 atom stereocenters. The van der Waals surface area contributed by atoms with E-state index in [2.05, 4.69) is 12.3 Å². The predicted octanol–water partition coefficient (Wildman–Crippen LogP) is 2.86. The lowest BCUT2D eigenvalue weighted by molar-refractivity contribution is 1.39. The van der Waals surface area contributed by atoms with Crippen molar-refractivity contribution in [1.82, 2.24) is 0 Å². The van der Waals surface area contributed by atoms with Crippen LogP contribution in [-0.4, -0.2) is 0 Å². The van der Waals surface area contributed by atoms with Gasteiger partial charge in [-0.05, 0) is 19.9 Å². The molecule has 0 bridgehead atoms. The van der Waals surface area contributed by atoms with Crippen LogP contribution in [0.3, 0.4) is 0 Å². The number of allylic oxidation sites excluding steroid dienone is 3. The second kappa shape index (κ2) is 3.54. The first-order chi connectivity index (χ1) is 3.66. The van der Waals surface area contributed by atoms with Gasteiger partial charge in [0.1, 0.15) is 0 Å². The Morgan fingerprint density at radius 2 is 2.12 bits per heavy atom. The van der Waals surface area contributed by atoms with Gasteiger partial charge in [0.25, 0.3) is 0 Å². The average molecular weight is 129 g/mol. The molecule has 0 radical (unpaired) electrons. The maximum Gasteiger partial charge on any atom is 0.0817 e. The standard InChI is InChI=1S/C7H9Cl/c1-4-7(8)5-6(2)3/h5H,1H2,2-3H3. The molecule has 0 heterocycles. The van der Waals surface area contributed by atoms with E-state index in [9.17, 15) is 0 Å². The van der Waals surface area contributed by atoms with E-state index in [4.69, 9.17) is 11.6 Å². The zero-order valence-electron chi connectivity index (χ0n) is 5.16. The first kappa shape index (κ1) is 7.55. The van der Waals surface area contributed by atoms with Crippen LogP contribution >= 0.6 is 11.6 Å². The fourth-order valence-electron chi connectivity index (χ4n) is 0.304. The summed E-state index contributed by atoms with van der Waals surface area (Å²) in [5.41, 5.74) is 3.71. The van der Waals surface area contributed by atoms with Gasteiger partial charge in [0.15, 0.2) is 0 Å². The van der Waals surface area contributed by atoms with E-state index in [1.54, 1.807) is 0 Å². The quantitative estimate of drug-likeness (QED) is 0.376. The molecular formula is C7H9Cl. The first-order valence-corrected chi connectivity index (χ1v) is 2.75. The molecule has 0 amide bonds. The van der Waals surface area contributed by atoms with Crippen molar-refractivity contribution in [2.24, 2.45) is 0 Å². The first-order valence-electron chi connectivity index (χ1n) is 2.37. The maximum absolute atomic E-state index is 5.53. The Bertz CT molecular complexity index is 144. The van der Waals surface area contributed by atoms with Crippen LogP contribution in [0.25, 0.3) is 0 Å². The maximum atomic E-state index is 5.53. The van der Waals surface area contributed by atoms with Crippen molar-refractivity contribution in [3.8, 4) is 0 Å². The zero-order chi connectivity index (χ0) is 6.57. The van der Waals surface area contributed by atoms with Gasteiger partial charge in [-0.3, -0.25) is 0 Å². The second-order valence-corrected chi connectivity index (χ2v) is 2.15. The molecule has 0 N–H and O–H groups in total. The predicted molar refractivity (Wildman–Crippen MR) is 37.9 cm³/mol. The monoisotopic (exact) mass is 128 g/mol. The minimum absolute atomic E-state index is 0.574. The molecule has 0 aromatic rings. The Morgan fingerprint density at radius 3 is 2.25 bits per heavy atom. The molecular weight excluding hydrogens is 120 g/mol. The Labute approximate surface area is 55.2 Å². The summed E-state index contributed by atoms with van der Waals surface area (Å²) >= 11 is 5.53. The molecule has 0 saturated heterocycles. The Morgan fingerprint density at radius 1 is 1.62 bits per heavy atom. The van der Waals surface area contributed by atoms with Crippen molar-refractivity contribution in [3.63, 3.8) is 0 Å². The Balaban J connectivity index is 4.11. The second-order valence-electron chi connectivity index (χ2n) is 1.75.